The first-order valence-corrected chi connectivity index (χ1v) is 8.46. The van der Waals surface area contributed by atoms with Crippen molar-refractivity contribution in [2.24, 2.45) is 0 Å². The molecule has 0 fully saturated rings. The van der Waals surface area contributed by atoms with Crippen LogP contribution in [0, 0.1) is 0 Å². The van der Waals surface area contributed by atoms with Gasteiger partial charge in [0.25, 0.3) is 5.91 Å². The van der Waals surface area contributed by atoms with Gasteiger partial charge in [-0.3, -0.25) is 9.59 Å². The van der Waals surface area contributed by atoms with E-state index in [1.165, 1.54) is 18.2 Å². The fraction of sp³-hybridized carbons (Fsp3) is 0.385. The van der Waals surface area contributed by atoms with E-state index in [4.69, 9.17) is 16.3 Å². The molecule has 21 heavy (non-hydrogen) atoms. The summed E-state index contributed by atoms with van der Waals surface area (Å²) in [4.78, 5) is 22.9. The van der Waals surface area contributed by atoms with Gasteiger partial charge in [0.2, 0.25) is 0 Å². The second kappa shape index (κ2) is 7.42. The third-order valence-corrected chi connectivity index (χ3v) is 4.09. The molecule has 0 aliphatic carbocycles. The molecule has 0 unspecified atom stereocenters. The van der Waals surface area contributed by atoms with Crippen LogP contribution in [0.4, 0.5) is 0 Å². The lowest BCUT2D eigenvalue weighted by atomic mass is 10.2. The summed E-state index contributed by atoms with van der Waals surface area (Å²) in [7, 11) is -3.52. The zero-order chi connectivity index (χ0) is 16.0. The minimum absolute atomic E-state index is 0.0477. The standard InChI is InChI=1S/C13H16ClNO5S/c1-3-20-12(16)6-7-15-13(17)9-4-5-10(14)11(8-9)21(2,18)19/h4-5,8H,3,6-7H2,1-2H3,(H,15,17). The molecule has 0 atom stereocenters. The van der Waals surface area contributed by atoms with Crippen molar-refractivity contribution in [3.05, 3.63) is 28.8 Å². The monoisotopic (exact) mass is 333 g/mol. The topological polar surface area (TPSA) is 89.5 Å². The van der Waals surface area contributed by atoms with Crippen molar-refractivity contribution in [2.45, 2.75) is 18.2 Å². The van der Waals surface area contributed by atoms with Crippen molar-refractivity contribution < 1.29 is 22.7 Å². The Balaban J connectivity index is 2.74. The molecule has 0 radical (unpaired) electrons. The molecule has 1 N–H and O–H groups in total. The molecule has 0 spiro atoms. The van der Waals surface area contributed by atoms with E-state index in [2.05, 4.69) is 5.32 Å². The van der Waals surface area contributed by atoms with Crippen LogP contribution in [0.25, 0.3) is 0 Å². The highest BCUT2D eigenvalue weighted by Crippen LogP contribution is 2.22. The molecule has 6 nitrogen and oxygen atoms in total. The molecule has 0 heterocycles. The van der Waals surface area contributed by atoms with Gasteiger partial charge >= 0.3 is 5.97 Å². The number of sulfone groups is 1. The van der Waals surface area contributed by atoms with Gasteiger partial charge in [-0.1, -0.05) is 11.6 Å². The van der Waals surface area contributed by atoms with Crippen LogP contribution in [0.5, 0.6) is 0 Å². The third kappa shape index (κ3) is 5.35. The Morgan fingerprint density at radius 3 is 2.57 bits per heavy atom. The smallest absolute Gasteiger partial charge is 0.307 e. The van der Waals surface area contributed by atoms with Crippen LogP contribution < -0.4 is 5.32 Å². The number of benzene rings is 1. The number of esters is 1. The molecule has 1 aromatic carbocycles. The zero-order valence-electron chi connectivity index (χ0n) is 11.7. The van der Waals surface area contributed by atoms with Crippen molar-refractivity contribution in [2.75, 3.05) is 19.4 Å². The Hall–Kier alpha value is -1.60. The van der Waals surface area contributed by atoms with E-state index in [0.29, 0.717) is 0 Å². The maximum Gasteiger partial charge on any atom is 0.307 e. The van der Waals surface area contributed by atoms with Gasteiger partial charge in [-0.25, -0.2) is 8.42 Å². The van der Waals surface area contributed by atoms with Crippen molar-refractivity contribution in [1.29, 1.82) is 0 Å². The van der Waals surface area contributed by atoms with Gasteiger partial charge in [0.15, 0.2) is 9.84 Å². The second-order valence-electron chi connectivity index (χ2n) is 4.23. The van der Waals surface area contributed by atoms with E-state index in [-0.39, 0.29) is 35.1 Å². The largest absolute Gasteiger partial charge is 0.466 e. The van der Waals surface area contributed by atoms with Crippen molar-refractivity contribution in [3.63, 3.8) is 0 Å². The van der Waals surface area contributed by atoms with Gasteiger partial charge in [0.05, 0.1) is 22.9 Å². The number of hydrogen-bond donors (Lipinski definition) is 1. The first kappa shape index (κ1) is 17.5. The van der Waals surface area contributed by atoms with E-state index < -0.39 is 21.7 Å². The summed E-state index contributed by atoms with van der Waals surface area (Å²) in [6.45, 7) is 2.08. The summed E-state index contributed by atoms with van der Waals surface area (Å²) < 4.78 is 27.8. The van der Waals surface area contributed by atoms with E-state index in [1.807, 2.05) is 0 Å². The van der Waals surface area contributed by atoms with Crippen LogP contribution in [0.1, 0.15) is 23.7 Å². The predicted molar refractivity (Wildman–Crippen MR) is 78.1 cm³/mol. The molecule has 0 bridgehead atoms. The quantitative estimate of drug-likeness (QED) is 0.795. The summed E-state index contributed by atoms with van der Waals surface area (Å²) in [5.74, 6) is -0.897. The van der Waals surface area contributed by atoms with Crippen LogP contribution in [0.3, 0.4) is 0 Å². The van der Waals surface area contributed by atoms with Gasteiger partial charge in [-0.2, -0.15) is 0 Å². The Bertz CT molecular complexity index is 642. The number of ether oxygens (including phenoxy) is 1. The first-order valence-electron chi connectivity index (χ1n) is 6.19. The number of amides is 1. The molecule has 0 aliphatic rings. The summed E-state index contributed by atoms with van der Waals surface area (Å²) in [5, 5.41) is 2.56. The highest BCUT2D eigenvalue weighted by molar-refractivity contribution is 7.90. The Kier molecular flexibility index (Phi) is 6.17. The van der Waals surface area contributed by atoms with Crippen LogP contribution in [-0.4, -0.2) is 39.7 Å². The van der Waals surface area contributed by atoms with E-state index in [9.17, 15) is 18.0 Å². The lowest BCUT2D eigenvalue weighted by Gasteiger charge is -2.07. The minimum Gasteiger partial charge on any atom is -0.466 e. The average molecular weight is 334 g/mol. The van der Waals surface area contributed by atoms with Gasteiger partial charge in [0.1, 0.15) is 0 Å². The van der Waals surface area contributed by atoms with E-state index in [0.717, 1.165) is 6.26 Å². The molecule has 0 saturated heterocycles. The summed E-state index contributed by atoms with van der Waals surface area (Å²) >= 11 is 5.79. The molecule has 0 aliphatic heterocycles. The number of carbonyl (C=O) groups is 2. The molecule has 1 aromatic rings. The second-order valence-corrected chi connectivity index (χ2v) is 6.62. The number of nitrogens with one attached hydrogen (secondary N) is 1. The molecule has 8 heteroatoms. The molecule has 0 saturated carbocycles. The Labute approximate surface area is 128 Å². The fourth-order valence-corrected chi connectivity index (χ4v) is 2.84. The van der Waals surface area contributed by atoms with Crippen LogP contribution in [-0.2, 0) is 19.4 Å². The molecule has 1 amide bonds. The van der Waals surface area contributed by atoms with Crippen LogP contribution in [0.15, 0.2) is 23.1 Å². The van der Waals surface area contributed by atoms with Crippen LogP contribution in [0.2, 0.25) is 5.02 Å². The molecule has 0 aromatic heterocycles. The number of halogens is 1. The van der Waals surface area contributed by atoms with Crippen molar-refractivity contribution >= 4 is 33.3 Å². The lowest BCUT2D eigenvalue weighted by molar-refractivity contribution is -0.142. The number of hydrogen-bond acceptors (Lipinski definition) is 5. The molecule has 116 valence electrons. The number of rotatable bonds is 6. The molecular weight excluding hydrogens is 318 g/mol. The lowest BCUT2D eigenvalue weighted by Crippen LogP contribution is -2.26. The zero-order valence-corrected chi connectivity index (χ0v) is 13.3. The average Bonchev–Trinajstić information content (AvgIpc) is 2.38. The summed E-state index contributed by atoms with van der Waals surface area (Å²) in [6.07, 6.45) is 1.06. The highest BCUT2D eigenvalue weighted by Gasteiger charge is 2.15. The fourth-order valence-electron chi connectivity index (χ4n) is 1.54. The van der Waals surface area contributed by atoms with Gasteiger partial charge in [-0.05, 0) is 25.1 Å². The Morgan fingerprint density at radius 2 is 2.00 bits per heavy atom. The van der Waals surface area contributed by atoms with E-state index in [1.54, 1.807) is 6.92 Å². The van der Waals surface area contributed by atoms with Crippen LogP contribution >= 0.6 is 11.6 Å². The van der Waals surface area contributed by atoms with Gasteiger partial charge < -0.3 is 10.1 Å². The normalized spacial score (nSPS) is 11.0. The predicted octanol–water partition coefficient (Wildman–Crippen LogP) is 1.43. The number of carbonyl (C=O) groups excluding carboxylic acids is 2. The van der Waals surface area contributed by atoms with Crippen molar-refractivity contribution in [3.8, 4) is 0 Å². The Morgan fingerprint density at radius 1 is 1.33 bits per heavy atom. The maximum absolute atomic E-state index is 11.9. The minimum atomic E-state index is -3.52. The SMILES string of the molecule is CCOC(=O)CCNC(=O)c1ccc(Cl)c(S(C)(=O)=O)c1. The summed E-state index contributed by atoms with van der Waals surface area (Å²) in [5.41, 5.74) is 0.156. The molecular formula is C13H16ClNO5S. The van der Waals surface area contributed by atoms with Gasteiger partial charge in [-0.15, -0.1) is 0 Å². The van der Waals surface area contributed by atoms with Crippen molar-refractivity contribution in [1.82, 2.24) is 5.32 Å². The first-order chi connectivity index (χ1) is 9.75. The maximum atomic E-state index is 11.9. The van der Waals surface area contributed by atoms with Gasteiger partial charge in [0, 0.05) is 18.4 Å². The molecule has 1 rings (SSSR count). The highest BCUT2D eigenvalue weighted by atomic mass is 35.5. The third-order valence-electron chi connectivity index (χ3n) is 2.51. The summed E-state index contributed by atoms with van der Waals surface area (Å²) in [6, 6.07) is 3.96. The van der Waals surface area contributed by atoms with E-state index >= 15 is 0 Å².